The summed E-state index contributed by atoms with van der Waals surface area (Å²) in [7, 11) is -3.68. The topological polar surface area (TPSA) is 75.3 Å². The van der Waals surface area contributed by atoms with Crippen molar-refractivity contribution in [3.8, 4) is 0 Å². The minimum atomic E-state index is -4.41. The van der Waals surface area contributed by atoms with Crippen molar-refractivity contribution in [3.05, 3.63) is 77.9 Å². The summed E-state index contributed by atoms with van der Waals surface area (Å²) in [5.41, 5.74) is -0.0341. The zero-order valence-electron chi connectivity index (χ0n) is 14.1. The lowest BCUT2D eigenvalue weighted by molar-refractivity contribution is -0.137. The van der Waals surface area contributed by atoms with E-state index in [0.29, 0.717) is 5.56 Å². The van der Waals surface area contributed by atoms with Crippen molar-refractivity contribution in [2.75, 3.05) is 6.54 Å². The van der Waals surface area contributed by atoms with Crippen LogP contribution >= 0.6 is 0 Å². The van der Waals surface area contributed by atoms with Gasteiger partial charge in [0.1, 0.15) is 0 Å². The summed E-state index contributed by atoms with van der Waals surface area (Å²) in [5, 5.41) is 2.57. The molecule has 9 heteroatoms. The molecular formula is C18H17F3N2O3S. The van der Waals surface area contributed by atoms with Gasteiger partial charge in [0, 0.05) is 18.7 Å². The van der Waals surface area contributed by atoms with Crippen molar-refractivity contribution < 1.29 is 26.4 Å². The number of hydrogen-bond donors (Lipinski definition) is 2. The molecule has 0 fully saturated rings. The lowest BCUT2D eigenvalue weighted by Gasteiger charge is -2.09. The van der Waals surface area contributed by atoms with Gasteiger partial charge in [-0.05, 0) is 42.0 Å². The van der Waals surface area contributed by atoms with Crippen LogP contribution in [0.25, 0.3) is 0 Å². The number of sulfonamides is 1. The van der Waals surface area contributed by atoms with E-state index in [-0.39, 0.29) is 23.5 Å². The molecule has 2 aromatic rings. The maximum Gasteiger partial charge on any atom is 0.416 e. The Labute approximate surface area is 155 Å². The van der Waals surface area contributed by atoms with Crippen LogP contribution in [0.3, 0.4) is 0 Å². The molecule has 2 N–H and O–H groups in total. The molecule has 0 atom stereocenters. The Morgan fingerprint density at radius 3 is 2.15 bits per heavy atom. The van der Waals surface area contributed by atoms with Crippen molar-refractivity contribution in [2.45, 2.75) is 17.6 Å². The molecule has 0 heterocycles. The summed E-state index contributed by atoms with van der Waals surface area (Å²) in [6.07, 6.45) is -3.01. The number of alkyl halides is 3. The van der Waals surface area contributed by atoms with E-state index in [0.717, 1.165) is 12.1 Å². The predicted octanol–water partition coefficient (Wildman–Crippen LogP) is 3.10. The summed E-state index contributed by atoms with van der Waals surface area (Å²) in [6.45, 7) is 3.54. The standard InChI is InChI=1S/C18H17F3N2O3S/c1-2-11-23-27(25,26)16-9-5-14(6-10-16)17(24)22-12-13-3-7-15(8-4-13)18(19,20)21/h2-10,23H,1,11-12H2,(H,22,24). The molecule has 0 radical (unpaired) electrons. The van der Waals surface area contributed by atoms with E-state index in [1.807, 2.05) is 0 Å². The number of amides is 1. The van der Waals surface area contributed by atoms with Crippen molar-refractivity contribution in [3.63, 3.8) is 0 Å². The summed E-state index contributed by atoms with van der Waals surface area (Å²) in [6, 6.07) is 9.73. The van der Waals surface area contributed by atoms with E-state index < -0.39 is 27.7 Å². The van der Waals surface area contributed by atoms with Crippen LogP contribution in [-0.4, -0.2) is 20.9 Å². The van der Waals surface area contributed by atoms with Crippen molar-refractivity contribution in [2.24, 2.45) is 0 Å². The summed E-state index contributed by atoms with van der Waals surface area (Å²) in [5.74, 6) is -0.474. The Morgan fingerprint density at radius 1 is 1.04 bits per heavy atom. The first kappa shape index (κ1) is 20.7. The summed E-state index contributed by atoms with van der Waals surface area (Å²) < 4.78 is 63.7. The number of carbonyl (C=O) groups excluding carboxylic acids is 1. The third-order valence-corrected chi connectivity index (χ3v) is 5.02. The molecule has 0 aliphatic carbocycles. The Kier molecular flexibility index (Phi) is 6.40. The first-order valence-corrected chi connectivity index (χ1v) is 9.27. The normalized spacial score (nSPS) is 11.8. The second kappa shape index (κ2) is 8.36. The Hall–Kier alpha value is -2.65. The van der Waals surface area contributed by atoms with Gasteiger partial charge in [0.15, 0.2) is 0 Å². The van der Waals surface area contributed by atoms with Gasteiger partial charge in [-0.1, -0.05) is 18.2 Å². The van der Waals surface area contributed by atoms with E-state index in [2.05, 4.69) is 16.6 Å². The third kappa shape index (κ3) is 5.66. The third-order valence-electron chi connectivity index (χ3n) is 3.58. The molecule has 144 valence electrons. The molecule has 0 aromatic heterocycles. The zero-order valence-corrected chi connectivity index (χ0v) is 14.9. The molecule has 0 spiro atoms. The van der Waals surface area contributed by atoms with Crippen LogP contribution in [0.1, 0.15) is 21.5 Å². The highest BCUT2D eigenvalue weighted by Crippen LogP contribution is 2.29. The highest BCUT2D eigenvalue weighted by atomic mass is 32.2. The number of benzene rings is 2. The van der Waals surface area contributed by atoms with E-state index in [4.69, 9.17) is 0 Å². The van der Waals surface area contributed by atoms with Gasteiger partial charge in [-0.3, -0.25) is 4.79 Å². The molecule has 27 heavy (non-hydrogen) atoms. The first-order valence-electron chi connectivity index (χ1n) is 7.78. The maximum absolute atomic E-state index is 12.5. The van der Waals surface area contributed by atoms with Crippen molar-refractivity contribution >= 4 is 15.9 Å². The minimum Gasteiger partial charge on any atom is -0.348 e. The summed E-state index contributed by atoms with van der Waals surface area (Å²) >= 11 is 0. The van der Waals surface area contributed by atoms with Crippen LogP contribution in [0.5, 0.6) is 0 Å². The molecule has 0 unspecified atom stereocenters. The van der Waals surface area contributed by atoms with Crippen LogP contribution in [0.2, 0.25) is 0 Å². The predicted molar refractivity (Wildman–Crippen MR) is 94.4 cm³/mol. The van der Waals surface area contributed by atoms with E-state index in [9.17, 15) is 26.4 Å². The van der Waals surface area contributed by atoms with Gasteiger partial charge >= 0.3 is 6.18 Å². The number of hydrogen-bond acceptors (Lipinski definition) is 3. The quantitative estimate of drug-likeness (QED) is 0.704. The maximum atomic E-state index is 12.5. The second-order valence-corrected chi connectivity index (χ2v) is 7.31. The van der Waals surface area contributed by atoms with Crippen LogP contribution < -0.4 is 10.0 Å². The number of nitrogens with one attached hydrogen (secondary N) is 2. The van der Waals surface area contributed by atoms with E-state index in [1.54, 1.807) is 0 Å². The lowest BCUT2D eigenvalue weighted by Crippen LogP contribution is -2.24. The molecule has 0 aliphatic rings. The first-order chi connectivity index (χ1) is 12.6. The van der Waals surface area contributed by atoms with E-state index >= 15 is 0 Å². The fraction of sp³-hybridized carbons (Fsp3) is 0.167. The smallest absolute Gasteiger partial charge is 0.348 e. The van der Waals surface area contributed by atoms with Crippen molar-refractivity contribution in [1.82, 2.24) is 10.0 Å². The molecular weight excluding hydrogens is 381 g/mol. The average molecular weight is 398 g/mol. The lowest BCUT2D eigenvalue weighted by atomic mass is 10.1. The monoisotopic (exact) mass is 398 g/mol. The SMILES string of the molecule is C=CCNS(=O)(=O)c1ccc(C(=O)NCc2ccc(C(F)(F)F)cc2)cc1. The molecule has 2 rings (SSSR count). The Bertz CT molecular complexity index is 906. The largest absolute Gasteiger partial charge is 0.416 e. The minimum absolute atomic E-state index is 0.00337. The number of halogens is 3. The fourth-order valence-electron chi connectivity index (χ4n) is 2.13. The number of carbonyl (C=O) groups is 1. The molecule has 0 saturated heterocycles. The van der Waals surface area contributed by atoms with Gasteiger partial charge in [0.25, 0.3) is 5.91 Å². The van der Waals surface area contributed by atoms with E-state index in [1.165, 1.54) is 42.5 Å². The molecule has 0 bridgehead atoms. The number of rotatable bonds is 7. The van der Waals surface area contributed by atoms with Crippen LogP contribution in [0, 0.1) is 0 Å². The van der Waals surface area contributed by atoms with Crippen LogP contribution in [0.4, 0.5) is 13.2 Å². The summed E-state index contributed by atoms with van der Waals surface area (Å²) in [4.78, 5) is 12.1. The van der Waals surface area contributed by atoms with Crippen LogP contribution in [-0.2, 0) is 22.7 Å². The van der Waals surface area contributed by atoms with Gasteiger partial charge in [0.2, 0.25) is 10.0 Å². The van der Waals surface area contributed by atoms with Gasteiger partial charge < -0.3 is 5.32 Å². The highest BCUT2D eigenvalue weighted by Gasteiger charge is 2.29. The highest BCUT2D eigenvalue weighted by molar-refractivity contribution is 7.89. The average Bonchev–Trinajstić information content (AvgIpc) is 2.64. The molecule has 0 saturated carbocycles. The zero-order chi connectivity index (χ0) is 20.1. The van der Waals surface area contributed by atoms with Gasteiger partial charge in [-0.15, -0.1) is 6.58 Å². The molecule has 2 aromatic carbocycles. The second-order valence-electron chi connectivity index (χ2n) is 5.54. The van der Waals surface area contributed by atoms with Gasteiger partial charge in [0.05, 0.1) is 10.5 Å². The fourth-order valence-corrected chi connectivity index (χ4v) is 3.13. The molecule has 1 amide bonds. The van der Waals surface area contributed by atoms with Gasteiger partial charge in [-0.25, -0.2) is 13.1 Å². The Morgan fingerprint density at radius 2 is 1.63 bits per heavy atom. The molecule has 5 nitrogen and oxygen atoms in total. The molecule has 0 aliphatic heterocycles. The Balaban J connectivity index is 1.99. The van der Waals surface area contributed by atoms with Crippen LogP contribution in [0.15, 0.2) is 66.1 Å². The van der Waals surface area contributed by atoms with Crippen molar-refractivity contribution in [1.29, 1.82) is 0 Å². The van der Waals surface area contributed by atoms with Gasteiger partial charge in [-0.2, -0.15) is 13.2 Å².